The lowest BCUT2D eigenvalue weighted by atomic mass is 9.90. The minimum absolute atomic E-state index is 0.223. The first-order valence-corrected chi connectivity index (χ1v) is 6.17. The Kier molecular flexibility index (Phi) is 3.89. The summed E-state index contributed by atoms with van der Waals surface area (Å²) in [5, 5.41) is 0.765. The van der Waals surface area contributed by atoms with Crippen LogP contribution in [0.2, 0.25) is 5.02 Å². The number of carbonyl (C=O) groups excluding carboxylic acids is 1. The van der Waals surface area contributed by atoms with Crippen molar-refractivity contribution >= 4 is 17.7 Å². The van der Waals surface area contributed by atoms with E-state index in [0.717, 1.165) is 31.0 Å². The van der Waals surface area contributed by atoms with E-state index in [-0.39, 0.29) is 6.09 Å². The third-order valence-electron chi connectivity index (χ3n) is 3.27. The molecule has 0 aliphatic carbocycles. The molecule has 3 nitrogen and oxygen atoms in total. The number of amides is 1. The lowest BCUT2D eigenvalue weighted by molar-refractivity contribution is 0.112. The van der Waals surface area contributed by atoms with Gasteiger partial charge in [-0.3, -0.25) is 0 Å². The summed E-state index contributed by atoms with van der Waals surface area (Å²) < 4.78 is 4.72. The van der Waals surface area contributed by atoms with Crippen LogP contribution in [-0.4, -0.2) is 31.2 Å². The van der Waals surface area contributed by atoms with E-state index in [1.54, 1.807) is 4.90 Å². The third kappa shape index (κ3) is 2.91. The number of nitrogens with zero attached hydrogens (tertiary/aromatic N) is 1. The number of hydrogen-bond acceptors (Lipinski definition) is 2. The van der Waals surface area contributed by atoms with Gasteiger partial charge in [0.05, 0.1) is 7.11 Å². The van der Waals surface area contributed by atoms with Gasteiger partial charge in [0.15, 0.2) is 0 Å². The molecule has 17 heavy (non-hydrogen) atoms. The summed E-state index contributed by atoms with van der Waals surface area (Å²) in [6.07, 6.45) is 1.74. The first-order valence-electron chi connectivity index (χ1n) is 5.79. The molecule has 1 aliphatic heterocycles. The van der Waals surface area contributed by atoms with Crippen LogP contribution in [0.3, 0.4) is 0 Å². The molecule has 0 N–H and O–H groups in total. The highest BCUT2D eigenvalue weighted by atomic mass is 35.5. The Morgan fingerprint density at radius 1 is 1.29 bits per heavy atom. The average molecular weight is 254 g/mol. The van der Waals surface area contributed by atoms with Gasteiger partial charge in [0.25, 0.3) is 0 Å². The van der Waals surface area contributed by atoms with Gasteiger partial charge in [0, 0.05) is 18.1 Å². The topological polar surface area (TPSA) is 29.5 Å². The molecule has 1 aliphatic rings. The molecule has 1 saturated heterocycles. The van der Waals surface area contributed by atoms with E-state index in [9.17, 15) is 4.79 Å². The minimum atomic E-state index is -0.223. The zero-order chi connectivity index (χ0) is 12.3. The molecule has 4 heteroatoms. The molecular formula is C13H16ClNO2. The Morgan fingerprint density at radius 3 is 2.41 bits per heavy atom. The summed E-state index contributed by atoms with van der Waals surface area (Å²) in [5.41, 5.74) is 1.30. The molecule has 0 spiro atoms. The number of carbonyl (C=O) groups is 1. The Balaban J connectivity index is 1.95. The lowest BCUT2D eigenvalue weighted by Gasteiger charge is -2.31. The molecule has 92 valence electrons. The SMILES string of the molecule is COC(=O)N1CCC(c2ccc(Cl)cc2)CC1. The Labute approximate surface area is 106 Å². The predicted octanol–water partition coefficient (Wildman–Crippen LogP) is 3.29. The number of ether oxygens (including phenoxy) is 1. The van der Waals surface area contributed by atoms with Gasteiger partial charge in [-0.2, -0.15) is 0 Å². The number of benzene rings is 1. The summed E-state index contributed by atoms with van der Waals surface area (Å²) in [6, 6.07) is 7.98. The number of piperidine rings is 1. The zero-order valence-electron chi connectivity index (χ0n) is 9.86. The number of hydrogen-bond donors (Lipinski definition) is 0. The predicted molar refractivity (Wildman–Crippen MR) is 67.4 cm³/mol. The second-order valence-corrected chi connectivity index (χ2v) is 4.72. The molecule has 2 rings (SSSR count). The van der Waals surface area contributed by atoms with Crippen LogP contribution in [0.5, 0.6) is 0 Å². The first-order chi connectivity index (χ1) is 8.20. The first kappa shape index (κ1) is 12.2. The van der Waals surface area contributed by atoms with E-state index in [0.29, 0.717) is 5.92 Å². The van der Waals surface area contributed by atoms with Crippen LogP contribution < -0.4 is 0 Å². The van der Waals surface area contributed by atoms with Crippen molar-refractivity contribution in [2.75, 3.05) is 20.2 Å². The molecule has 0 saturated carbocycles. The van der Waals surface area contributed by atoms with Crippen LogP contribution in [0.25, 0.3) is 0 Å². The maximum Gasteiger partial charge on any atom is 0.409 e. The summed E-state index contributed by atoms with van der Waals surface area (Å²) in [5.74, 6) is 0.521. The zero-order valence-corrected chi connectivity index (χ0v) is 10.6. The van der Waals surface area contributed by atoms with Gasteiger partial charge in [-0.05, 0) is 36.5 Å². The van der Waals surface area contributed by atoms with E-state index in [1.165, 1.54) is 12.7 Å². The van der Waals surface area contributed by atoms with Gasteiger partial charge in [-0.1, -0.05) is 23.7 Å². The van der Waals surface area contributed by atoms with Crippen molar-refractivity contribution in [1.82, 2.24) is 4.90 Å². The lowest BCUT2D eigenvalue weighted by Crippen LogP contribution is -2.37. The third-order valence-corrected chi connectivity index (χ3v) is 3.52. The Hall–Kier alpha value is -1.22. The standard InChI is InChI=1S/C13H16ClNO2/c1-17-13(16)15-8-6-11(7-9-15)10-2-4-12(14)5-3-10/h2-5,11H,6-9H2,1H3. The van der Waals surface area contributed by atoms with Crippen LogP contribution >= 0.6 is 11.6 Å². The summed E-state index contributed by atoms with van der Waals surface area (Å²) in [6.45, 7) is 1.53. The molecule has 1 heterocycles. The summed E-state index contributed by atoms with van der Waals surface area (Å²) in [4.78, 5) is 13.1. The maximum atomic E-state index is 11.3. The highest BCUT2D eigenvalue weighted by molar-refractivity contribution is 6.30. The number of rotatable bonds is 1. The Bertz CT molecular complexity index is 383. The molecule has 0 radical (unpaired) electrons. The van der Waals surface area contributed by atoms with Crippen molar-refractivity contribution in [3.8, 4) is 0 Å². The number of likely N-dealkylation sites (tertiary alicyclic amines) is 1. The quantitative estimate of drug-likeness (QED) is 0.769. The van der Waals surface area contributed by atoms with E-state index in [2.05, 4.69) is 12.1 Å². The fraction of sp³-hybridized carbons (Fsp3) is 0.462. The number of methoxy groups -OCH3 is 1. The second kappa shape index (κ2) is 5.41. The van der Waals surface area contributed by atoms with Crippen molar-refractivity contribution in [2.45, 2.75) is 18.8 Å². The van der Waals surface area contributed by atoms with E-state index in [1.807, 2.05) is 12.1 Å². The highest BCUT2D eigenvalue weighted by Gasteiger charge is 2.23. The van der Waals surface area contributed by atoms with E-state index in [4.69, 9.17) is 16.3 Å². The van der Waals surface area contributed by atoms with Crippen molar-refractivity contribution in [2.24, 2.45) is 0 Å². The van der Waals surface area contributed by atoms with Crippen molar-refractivity contribution in [1.29, 1.82) is 0 Å². The molecule has 0 aromatic heterocycles. The maximum absolute atomic E-state index is 11.3. The molecule has 1 fully saturated rings. The fourth-order valence-corrected chi connectivity index (χ4v) is 2.39. The molecular weight excluding hydrogens is 238 g/mol. The van der Waals surface area contributed by atoms with Crippen molar-refractivity contribution < 1.29 is 9.53 Å². The summed E-state index contributed by atoms with van der Waals surface area (Å²) in [7, 11) is 1.42. The number of halogens is 1. The molecule has 1 amide bonds. The Morgan fingerprint density at radius 2 is 1.88 bits per heavy atom. The second-order valence-electron chi connectivity index (χ2n) is 4.28. The van der Waals surface area contributed by atoms with Gasteiger partial charge < -0.3 is 9.64 Å². The molecule has 0 unspecified atom stereocenters. The molecule has 0 bridgehead atoms. The van der Waals surface area contributed by atoms with Gasteiger partial charge in [0.2, 0.25) is 0 Å². The molecule has 1 aromatic rings. The average Bonchev–Trinajstić information content (AvgIpc) is 2.39. The smallest absolute Gasteiger partial charge is 0.409 e. The van der Waals surface area contributed by atoms with Crippen molar-refractivity contribution in [3.05, 3.63) is 34.9 Å². The van der Waals surface area contributed by atoms with Gasteiger partial charge in [-0.25, -0.2) is 4.79 Å². The monoisotopic (exact) mass is 253 g/mol. The van der Waals surface area contributed by atoms with E-state index < -0.39 is 0 Å². The highest BCUT2D eigenvalue weighted by Crippen LogP contribution is 2.28. The van der Waals surface area contributed by atoms with Crippen LogP contribution in [0.15, 0.2) is 24.3 Å². The normalized spacial score (nSPS) is 16.9. The van der Waals surface area contributed by atoms with Gasteiger partial charge in [-0.15, -0.1) is 0 Å². The minimum Gasteiger partial charge on any atom is -0.453 e. The summed E-state index contributed by atoms with van der Waals surface area (Å²) >= 11 is 5.86. The largest absolute Gasteiger partial charge is 0.453 e. The molecule has 1 aromatic carbocycles. The van der Waals surface area contributed by atoms with Gasteiger partial charge >= 0.3 is 6.09 Å². The van der Waals surface area contributed by atoms with Crippen LogP contribution in [0.1, 0.15) is 24.3 Å². The van der Waals surface area contributed by atoms with Crippen LogP contribution in [0, 0.1) is 0 Å². The van der Waals surface area contributed by atoms with E-state index >= 15 is 0 Å². The van der Waals surface area contributed by atoms with Gasteiger partial charge in [0.1, 0.15) is 0 Å². The molecule has 0 atom stereocenters. The van der Waals surface area contributed by atoms with Crippen LogP contribution in [0.4, 0.5) is 4.79 Å². The van der Waals surface area contributed by atoms with Crippen LogP contribution in [-0.2, 0) is 4.74 Å². The fourth-order valence-electron chi connectivity index (χ4n) is 2.26. The van der Waals surface area contributed by atoms with Crippen molar-refractivity contribution in [3.63, 3.8) is 0 Å².